The number of amides is 4. The van der Waals surface area contributed by atoms with Crippen LogP contribution in [0.2, 0.25) is 0 Å². The molecule has 11 heteroatoms. The van der Waals surface area contributed by atoms with Gasteiger partial charge in [0, 0.05) is 0 Å². The fourth-order valence-corrected chi connectivity index (χ4v) is 2.93. The van der Waals surface area contributed by atoms with E-state index in [-0.39, 0.29) is 5.92 Å². The normalized spacial score (nSPS) is 21.5. The number of nitrogens with zero attached hydrogens (tertiary/aromatic N) is 1. The predicted octanol–water partition coefficient (Wildman–Crippen LogP) is 1.31. The Morgan fingerprint density at radius 2 is 1.93 bits per heavy atom. The van der Waals surface area contributed by atoms with Crippen molar-refractivity contribution >= 4 is 29.5 Å². The second-order valence-electron chi connectivity index (χ2n) is 6.73. The second kappa shape index (κ2) is 7.13. The monoisotopic (exact) mass is 399 g/mol. The number of urea groups is 1. The zero-order chi connectivity index (χ0) is 20.6. The first-order valence-electron chi connectivity index (χ1n) is 8.36. The Labute approximate surface area is 157 Å². The first-order chi connectivity index (χ1) is 13.1. The Kier molecular flexibility index (Phi) is 5.01. The van der Waals surface area contributed by atoms with Crippen molar-refractivity contribution in [1.82, 2.24) is 10.2 Å². The molecule has 1 saturated heterocycles. The molecule has 1 aliphatic carbocycles. The van der Waals surface area contributed by atoms with Gasteiger partial charge in [-0.2, -0.15) is 0 Å². The van der Waals surface area contributed by atoms with Gasteiger partial charge in [-0.05, 0) is 37.8 Å². The van der Waals surface area contributed by atoms with E-state index in [4.69, 9.17) is 0 Å². The van der Waals surface area contributed by atoms with Crippen LogP contribution in [0, 0.1) is 23.4 Å². The van der Waals surface area contributed by atoms with Gasteiger partial charge in [-0.1, -0.05) is 0 Å². The van der Waals surface area contributed by atoms with Crippen molar-refractivity contribution in [3.05, 3.63) is 29.6 Å². The molecule has 0 radical (unpaired) electrons. The van der Waals surface area contributed by atoms with Crippen LogP contribution in [-0.4, -0.2) is 47.4 Å². The van der Waals surface area contributed by atoms with Crippen LogP contribution in [0.5, 0.6) is 0 Å². The third-order valence-corrected chi connectivity index (χ3v) is 4.66. The minimum absolute atomic E-state index is 0.0155. The van der Waals surface area contributed by atoms with Crippen LogP contribution in [0.4, 0.5) is 23.7 Å². The molecule has 1 aromatic rings. The fraction of sp³-hybridized carbons (Fsp3) is 0.412. The number of hydrogen-bond donors (Lipinski definition) is 2. The lowest BCUT2D eigenvalue weighted by molar-refractivity contribution is -0.150. The van der Waals surface area contributed by atoms with Crippen molar-refractivity contribution in [2.75, 3.05) is 18.5 Å². The summed E-state index contributed by atoms with van der Waals surface area (Å²) in [4.78, 5) is 48.6. The van der Waals surface area contributed by atoms with Crippen molar-refractivity contribution in [1.29, 1.82) is 0 Å². The Hall–Kier alpha value is -3.11. The second-order valence-corrected chi connectivity index (χ2v) is 6.73. The van der Waals surface area contributed by atoms with Crippen LogP contribution in [0.1, 0.15) is 19.8 Å². The minimum Gasteiger partial charge on any atom is -0.454 e. The van der Waals surface area contributed by atoms with E-state index in [1.807, 2.05) is 5.32 Å². The van der Waals surface area contributed by atoms with Crippen molar-refractivity contribution in [3.8, 4) is 0 Å². The summed E-state index contributed by atoms with van der Waals surface area (Å²) in [5.41, 5.74) is -1.69. The first kappa shape index (κ1) is 19.6. The summed E-state index contributed by atoms with van der Waals surface area (Å²) in [6.07, 6.45) is 1.59. The number of anilines is 1. The van der Waals surface area contributed by atoms with Crippen LogP contribution in [0.15, 0.2) is 12.1 Å². The number of halogens is 3. The highest BCUT2D eigenvalue weighted by Gasteiger charge is 2.56. The Morgan fingerprint density at radius 1 is 1.25 bits per heavy atom. The highest BCUT2D eigenvalue weighted by molar-refractivity contribution is 6.09. The standard InChI is InChI=1S/C17H16F3N3O5/c1-17(8-2-3-8)15(26)23(16(27)22-17)6-12(25)28-7-11(24)21-10-5-4-9(18)13(19)14(10)20/h4-5,8H,2-3,6-7H2,1H3,(H,21,24)(H,22,27)/t17-/m1/s1. The third kappa shape index (κ3) is 3.64. The van der Waals surface area contributed by atoms with Crippen LogP contribution >= 0.6 is 0 Å². The zero-order valence-electron chi connectivity index (χ0n) is 14.7. The first-order valence-corrected chi connectivity index (χ1v) is 8.36. The maximum absolute atomic E-state index is 13.5. The molecule has 1 saturated carbocycles. The average Bonchev–Trinajstić information content (AvgIpc) is 3.47. The Morgan fingerprint density at radius 3 is 2.57 bits per heavy atom. The highest BCUT2D eigenvalue weighted by atomic mass is 19.2. The summed E-state index contributed by atoms with van der Waals surface area (Å²) in [6.45, 7) is 0.0145. The van der Waals surface area contributed by atoms with Gasteiger partial charge in [-0.25, -0.2) is 18.0 Å². The van der Waals surface area contributed by atoms with E-state index < -0.39 is 65.6 Å². The fourth-order valence-electron chi connectivity index (χ4n) is 2.93. The molecule has 150 valence electrons. The molecule has 28 heavy (non-hydrogen) atoms. The number of carbonyl (C=O) groups excluding carboxylic acids is 4. The van der Waals surface area contributed by atoms with Crippen LogP contribution in [0.25, 0.3) is 0 Å². The molecule has 1 heterocycles. The molecule has 8 nitrogen and oxygen atoms in total. The lowest BCUT2D eigenvalue weighted by atomic mass is 9.96. The van der Waals surface area contributed by atoms with Gasteiger partial charge < -0.3 is 15.4 Å². The molecule has 2 fully saturated rings. The summed E-state index contributed by atoms with van der Waals surface area (Å²) < 4.78 is 44.1. The van der Waals surface area contributed by atoms with Gasteiger partial charge in [0.25, 0.3) is 11.8 Å². The molecule has 0 aromatic heterocycles. The van der Waals surface area contributed by atoms with Crippen LogP contribution in [0.3, 0.4) is 0 Å². The number of imide groups is 1. The number of esters is 1. The maximum atomic E-state index is 13.5. The molecule has 2 aliphatic rings. The molecular weight excluding hydrogens is 383 g/mol. The molecule has 1 aromatic carbocycles. The number of carbonyl (C=O) groups is 4. The summed E-state index contributed by atoms with van der Waals surface area (Å²) in [6, 6.07) is 0.693. The molecule has 0 unspecified atom stereocenters. The number of rotatable bonds is 6. The lowest BCUT2D eigenvalue weighted by Crippen LogP contribution is -2.46. The van der Waals surface area contributed by atoms with E-state index in [1.165, 1.54) is 0 Å². The van der Waals surface area contributed by atoms with Gasteiger partial charge in [0.2, 0.25) is 0 Å². The number of hydrogen-bond acceptors (Lipinski definition) is 5. The highest BCUT2D eigenvalue weighted by Crippen LogP contribution is 2.42. The van der Waals surface area contributed by atoms with E-state index in [1.54, 1.807) is 6.92 Å². The summed E-state index contributed by atoms with van der Waals surface area (Å²) >= 11 is 0. The van der Waals surface area contributed by atoms with Gasteiger partial charge in [-0.15, -0.1) is 0 Å². The maximum Gasteiger partial charge on any atom is 0.326 e. The molecule has 4 amide bonds. The molecule has 0 bridgehead atoms. The van der Waals surface area contributed by atoms with Crippen molar-refractivity contribution in [2.45, 2.75) is 25.3 Å². The third-order valence-electron chi connectivity index (χ3n) is 4.66. The summed E-state index contributed by atoms with van der Waals surface area (Å²) in [5.74, 6) is -7.37. The number of nitrogens with one attached hydrogen (secondary N) is 2. The van der Waals surface area contributed by atoms with Crippen molar-refractivity contribution in [2.24, 2.45) is 5.92 Å². The molecule has 1 aliphatic heterocycles. The lowest BCUT2D eigenvalue weighted by Gasteiger charge is -2.20. The van der Waals surface area contributed by atoms with E-state index in [0.717, 1.165) is 18.9 Å². The average molecular weight is 399 g/mol. The number of benzene rings is 1. The SMILES string of the molecule is C[C@]1(C2CC2)NC(=O)N(CC(=O)OCC(=O)Nc2ccc(F)c(F)c2F)C1=O. The van der Waals surface area contributed by atoms with Crippen molar-refractivity contribution < 1.29 is 37.1 Å². The summed E-state index contributed by atoms with van der Waals surface area (Å²) in [5, 5.41) is 4.48. The van der Waals surface area contributed by atoms with Gasteiger partial charge in [0.05, 0.1) is 5.69 Å². The molecular formula is C17H16F3N3O5. The predicted molar refractivity (Wildman–Crippen MR) is 87.3 cm³/mol. The van der Waals surface area contributed by atoms with Crippen LogP contribution in [-0.2, 0) is 19.1 Å². The van der Waals surface area contributed by atoms with E-state index in [0.29, 0.717) is 11.0 Å². The van der Waals surface area contributed by atoms with Gasteiger partial charge >= 0.3 is 12.0 Å². The number of ether oxygens (including phenoxy) is 1. The van der Waals surface area contributed by atoms with E-state index in [2.05, 4.69) is 10.1 Å². The molecule has 3 rings (SSSR count). The largest absolute Gasteiger partial charge is 0.454 e. The molecule has 0 spiro atoms. The van der Waals surface area contributed by atoms with Crippen LogP contribution < -0.4 is 10.6 Å². The van der Waals surface area contributed by atoms with Gasteiger partial charge in [0.1, 0.15) is 12.1 Å². The van der Waals surface area contributed by atoms with Gasteiger partial charge in [0.15, 0.2) is 24.1 Å². The Balaban J connectivity index is 1.52. The molecule has 1 atom stereocenters. The van der Waals surface area contributed by atoms with E-state index in [9.17, 15) is 32.3 Å². The summed E-state index contributed by atoms with van der Waals surface area (Å²) in [7, 11) is 0. The smallest absolute Gasteiger partial charge is 0.326 e. The van der Waals surface area contributed by atoms with Gasteiger partial charge in [-0.3, -0.25) is 19.3 Å². The minimum atomic E-state index is -1.76. The quantitative estimate of drug-likeness (QED) is 0.426. The van der Waals surface area contributed by atoms with Crippen molar-refractivity contribution in [3.63, 3.8) is 0 Å². The topological polar surface area (TPSA) is 105 Å². The van der Waals surface area contributed by atoms with E-state index >= 15 is 0 Å². The Bertz CT molecular complexity index is 874. The molecule has 2 N–H and O–H groups in total. The zero-order valence-corrected chi connectivity index (χ0v) is 14.7.